The number of hydrogen-bond donors (Lipinski definition) is 3. The van der Waals surface area contributed by atoms with E-state index >= 15 is 0 Å². The van der Waals surface area contributed by atoms with E-state index in [1.807, 2.05) is 76.2 Å². The summed E-state index contributed by atoms with van der Waals surface area (Å²) in [6, 6.07) is 0. The monoisotopic (exact) mass is 654 g/mol. The van der Waals surface area contributed by atoms with Gasteiger partial charge < -0.3 is 15.3 Å². The van der Waals surface area contributed by atoms with Gasteiger partial charge in [-0.15, -0.1) is 0 Å². The molecule has 0 radical (unpaired) electrons. The summed E-state index contributed by atoms with van der Waals surface area (Å²) in [6.07, 6.45) is 7.09. The van der Waals surface area contributed by atoms with Crippen molar-refractivity contribution in [2.24, 2.45) is 34.5 Å². The molecule has 0 aliphatic heterocycles. The highest BCUT2D eigenvalue weighted by molar-refractivity contribution is 5.92. The Bertz CT molecular complexity index is 1040. The van der Waals surface area contributed by atoms with E-state index < -0.39 is 23.4 Å². The van der Waals surface area contributed by atoms with Crippen molar-refractivity contribution in [2.75, 3.05) is 6.61 Å². The summed E-state index contributed by atoms with van der Waals surface area (Å²) in [5.41, 5.74) is -3.75. The van der Waals surface area contributed by atoms with Gasteiger partial charge in [-0.3, -0.25) is 9.59 Å². The van der Waals surface area contributed by atoms with E-state index in [4.69, 9.17) is 19.6 Å². The van der Waals surface area contributed by atoms with Gasteiger partial charge in [0.05, 0.1) is 28.5 Å². The van der Waals surface area contributed by atoms with Crippen LogP contribution in [0.1, 0.15) is 147 Å². The number of aliphatic hydroxyl groups is 3. The molecule has 268 valence electrons. The molecule has 0 aromatic carbocycles. The number of carbonyl (C=O) groups excluding carboxylic acids is 2. The molecule has 4 aliphatic rings. The SMILES string of the molecule is CC(C)(C)OOC(C)(C)CCC(C)(C)OOC(C)(C)C.C[C@]12CC[C@@H](O)C[C@H]1CC[C@@H]1[C@@H]2C(=O)C[C@@]2(C)[C@H]1CC[C@]2(O)C(=O)CO. The molecule has 4 aliphatic carbocycles. The second-order valence-electron chi connectivity index (χ2n) is 18.6. The van der Waals surface area contributed by atoms with Gasteiger partial charge >= 0.3 is 0 Å². The highest BCUT2D eigenvalue weighted by Crippen LogP contribution is 2.67. The van der Waals surface area contributed by atoms with Crippen LogP contribution in [0.2, 0.25) is 0 Å². The fourth-order valence-corrected chi connectivity index (χ4v) is 8.80. The van der Waals surface area contributed by atoms with Crippen LogP contribution in [0.3, 0.4) is 0 Å². The largest absolute Gasteiger partial charge is 0.393 e. The van der Waals surface area contributed by atoms with Gasteiger partial charge in [0.25, 0.3) is 0 Å². The average Bonchev–Trinajstić information content (AvgIpc) is 3.20. The van der Waals surface area contributed by atoms with Crippen LogP contribution in [0.15, 0.2) is 0 Å². The predicted molar refractivity (Wildman–Crippen MR) is 176 cm³/mol. The minimum atomic E-state index is -1.58. The van der Waals surface area contributed by atoms with Gasteiger partial charge in [0, 0.05) is 17.8 Å². The zero-order valence-corrected chi connectivity index (χ0v) is 31.0. The molecule has 3 N–H and O–H groups in total. The Balaban J connectivity index is 0.000000262. The van der Waals surface area contributed by atoms with Gasteiger partial charge in [-0.1, -0.05) is 13.8 Å². The maximum absolute atomic E-state index is 13.4. The summed E-state index contributed by atoms with van der Waals surface area (Å²) in [5.74, 6) is 0.380. The van der Waals surface area contributed by atoms with Crippen LogP contribution >= 0.6 is 0 Å². The van der Waals surface area contributed by atoms with Crippen LogP contribution in [-0.2, 0) is 29.1 Å². The molecule has 4 fully saturated rings. The van der Waals surface area contributed by atoms with Crippen LogP contribution in [0.5, 0.6) is 0 Å². The maximum Gasteiger partial charge on any atom is 0.190 e. The first kappa shape index (κ1) is 39.5. The zero-order chi connectivity index (χ0) is 35.1. The number of fused-ring (bicyclic) bond motifs is 5. The normalized spacial score (nSPS) is 36.7. The second-order valence-corrected chi connectivity index (χ2v) is 18.6. The van der Waals surface area contributed by atoms with E-state index in [0.29, 0.717) is 12.3 Å². The predicted octanol–water partition coefficient (Wildman–Crippen LogP) is 6.68. The lowest BCUT2D eigenvalue weighted by atomic mass is 9.44. The number of hydrogen-bond acceptors (Lipinski definition) is 9. The lowest BCUT2D eigenvalue weighted by molar-refractivity contribution is -0.410. The highest BCUT2D eigenvalue weighted by Gasteiger charge is 2.68. The standard InChI is InChI=1S/C21H32O5.C16H34O4/c1-19-7-5-13(23)9-12(19)3-4-14-15-6-8-21(26,17(25)11-22)20(15,2)10-16(24)18(14)19;1-13(2,3)17-19-15(7,8)11-12-16(9,10)20-18-14(4,5)6/h12-15,18,22-23,26H,3-11H2,1-2H3;11-12H2,1-10H3/t12-,13-,14+,15+,18-,19+,20+,21+;/m1./s1. The van der Waals surface area contributed by atoms with Gasteiger partial charge in [-0.05, 0) is 150 Å². The molecule has 0 saturated heterocycles. The molecule has 0 bridgehead atoms. The molecular formula is C37H66O9. The van der Waals surface area contributed by atoms with E-state index in [-0.39, 0.29) is 63.9 Å². The van der Waals surface area contributed by atoms with Crippen LogP contribution in [0.25, 0.3) is 0 Å². The summed E-state index contributed by atoms with van der Waals surface area (Å²) >= 11 is 0. The lowest BCUT2D eigenvalue weighted by Crippen LogP contribution is -2.62. The third kappa shape index (κ3) is 8.80. The Labute approximate surface area is 278 Å². The van der Waals surface area contributed by atoms with Crippen molar-refractivity contribution in [1.29, 1.82) is 0 Å². The minimum absolute atomic E-state index is 0.0154. The van der Waals surface area contributed by atoms with Crippen molar-refractivity contribution in [3.8, 4) is 0 Å². The molecule has 8 atom stereocenters. The van der Waals surface area contributed by atoms with Crippen molar-refractivity contribution in [3.63, 3.8) is 0 Å². The van der Waals surface area contributed by atoms with Crippen LogP contribution in [0, 0.1) is 34.5 Å². The van der Waals surface area contributed by atoms with Crippen LogP contribution < -0.4 is 0 Å². The Morgan fingerprint density at radius 3 is 1.80 bits per heavy atom. The Kier molecular flexibility index (Phi) is 11.8. The summed E-state index contributed by atoms with van der Waals surface area (Å²) in [5, 5.41) is 30.6. The topological polar surface area (TPSA) is 132 Å². The van der Waals surface area contributed by atoms with Crippen molar-refractivity contribution in [3.05, 3.63) is 0 Å². The first-order valence-electron chi connectivity index (χ1n) is 17.6. The number of ketones is 2. The van der Waals surface area contributed by atoms with Crippen molar-refractivity contribution < 1.29 is 44.5 Å². The quantitative estimate of drug-likeness (QED) is 0.184. The fourth-order valence-electron chi connectivity index (χ4n) is 8.80. The lowest BCUT2D eigenvalue weighted by Gasteiger charge is -2.60. The molecule has 0 aromatic rings. The summed E-state index contributed by atoms with van der Waals surface area (Å²) in [7, 11) is 0. The zero-order valence-electron chi connectivity index (χ0n) is 31.0. The summed E-state index contributed by atoms with van der Waals surface area (Å²) < 4.78 is 0. The molecule has 0 spiro atoms. The second kappa shape index (κ2) is 13.8. The fraction of sp³-hybridized carbons (Fsp3) is 0.946. The van der Waals surface area contributed by atoms with E-state index in [1.54, 1.807) is 0 Å². The molecule has 4 saturated carbocycles. The number of rotatable bonds is 9. The van der Waals surface area contributed by atoms with E-state index in [0.717, 1.165) is 51.4 Å². The van der Waals surface area contributed by atoms with Gasteiger partial charge in [-0.25, -0.2) is 19.6 Å². The van der Waals surface area contributed by atoms with E-state index in [9.17, 15) is 24.9 Å². The van der Waals surface area contributed by atoms with Gasteiger partial charge in [0.15, 0.2) is 5.78 Å². The maximum atomic E-state index is 13.4. The Morgan fingerprint density at radius 2 is 1.33 bits per heavy atom. The highest BCUT2D eigenvalue weighted by atomic mass is 17.2. The van der Waals surface area contributed by atoms with Crippen LogP contribution in [0.4, 0.5) is 0 Å². The smallest absolute Gasteiger partial charge is 0.190 e. The average molecular weight is 655 g/mol. The van der Waals surface area contributed by atoms with E-state index in [2.05, 4.69) is 6.92 Å². The van der Waals surface area contributed by atoms with Gasteiger partial charge in [0.1, 0.15) is 18.0 Å². The number of Topliss-reactive ketones (excluding diaryl/α,β-unsaturated/α-hetero) is 2. The molecular weight excluding hydrogens is 588 g/mol. The molecule has 9 heteroatoms. The molecule has 4 rings (SSSR count). The number of carbonyl (C=O) groups is 2. The Morgan fingerprint density at radius 1 is 0.804 bits per heavy atom. The Hall–Kier alpha value is -0.940. The van der Waals surface area contributed by atoms with Crippen LogP contribution in [-0.4, -0.2) is 67.6 Å². The van der Waals surface area contributed by atoms with Crippen molar-refractivity contribution in [1.82, 2.24) is 0 Å². The number of aliphatic hydroxyl groups excluding tert-OH is 2. The van der Waals surface area contributed by atoms with Gasteiger partial charge in [-0.2, -0.15) is 0 Å². The molecule has 0 aromatic heterocycles. The van der Waals surface area contributed by atoms with Gasteiger partial charge in [0.2, 0.25) is 0 Å². The molecule has 0 amide bonds. The molecule has 46 heavy (non-hydrogen) atoms. The molecule has 9 nitrogen and oxygen atoms in total. The molecule has 0 heterocycles. The first-order chi connectivity index (χ1) is 20.8. The molecule has 0 unspecified atom stereocenters. The summed E-state index contributed by atoms with van der Waals surface area (Å²) in [6.45, 7) is 23.3. The van der Waals surface area contributed by atoms with Crippen molar-refractivity contribution in [2.45, 2.75) is 181 Å². The summed E-state index contributed by atoms with van der Waals surface area (Å²) in [4.78, 5) is 47.6. The van der Waals surface area contributed by atoms with Crippen molar-refractivity contribution >= 4 is 11.6 Å². The third-order valence-electron chi connectivity index (χ3n) is 11.4. The first-order valence-corrected chi connectivity index (χ1v) is 17.6. The van der Waals surface area contributed by atoms with E-state index in [1.165, 1.54) is 0 Å². The minimum Gasteiger partial charge on any atom is -0.393 e. The third-order valence-corrected chi connectivity index (χ3v) is 11.4.